The normalized spacial score (nSPS) is 17.5. The lowest BCUT2D eigenvalue weighted by Crippen LogP contribution is -2.45. The highest BCUT2D eigenvalue weighted by Crippen LogP contribution is 2.25. The number of rotatable bonds is 8. The number of sulfonamides is 1. The number of hydrogen-bond donors (Lipinski definition) is 1. The largest absolute Gasteiger partial charge is 0.355 e. The number of thioether (sulfide) groups is 1. The number of carbonyl (C=O) groups is 1. The van der Waals surface area contributed by atoms with E-state index in [1.54, 1.807) is 42.1 Å². The number of carbonyl (C=O) groups excluding carboxylic acids is 1. The predicted octanol–water partition coefficient (Wildman–Crippen LogP) is 4.75. The monoisotopic (exact) mass is 500 g/mol. The van der Waals surface area contributed by atoms with Gasteiger partial charge in [-0.15, -0.1) is 0 Å². The van der Waals surface area contributed by atoms with Crippen LogP contribution >= 0.6 is 35.0 Å². The van der Waals surface area contributed by atoms with Crippen LogP contribution in [-0.4, -0.2) is 44.0 Å². The van der Waals surface area contributed by atoms with Crippen LogP contribution < -0.4 is 5.32 Å². The van der Waals surface area contributed by atoms with Crippen molar-refractivity contribution in [1.82, 2.24) is 9.62 Å². The van der Waals surface area contributed by atoms with Crippen molar-refractivity contribution >= 4 is 50.9 Å². The van der Waals surface area contributed by atoms with Crippen LogP contribution in [0.5, 0.6) is 0 Å². The molecule has 1 heterocycles. The maximum atomic E-state index is 12.9. The molecule has 0 bridgehead atoms. The van der Waals surface area contributed by atoms with Gasteiger partial charge in [-0.2, -0.15) is 16.1 Å². The third-order valence-electron chi connectivity index (χ3n) is 5.21. The van der Waals surface area contributed by atoms with Crippen LogP contribution in [0.15, 0.2) is 47.4 Å². The maximum Gasteiger partial charge on any atom is 0.243 e. The topological polar surface area (TPSA) is 66.5 Å². The summed E-state index contributed by atoms with van der Waals surface area (Å²) in [7, 11) is -3.58. The lowest BCUT2D eigenvalue weighted by atomic mass is 9.99. The van der Waals surface area contributed by atoms with Crippen LogP contribution in [0.4, 0.5) is 0 Å². The molecule has 9 heteroatoms. The van der Waals surface area contributed by atoms with Gasteiger partial charge in [0.05, 0.1) is 20.9 Å². The third-order valence-corrected chi connectivity index (χ3v) is 8.86. The van der Waals surface area contributed by atoms with Gasteiger partial charge in [-0.05, 0) is 49.6 Å². The maximum absolute atomic E-state index is 12.9. The molecule has 2 aromatic carbocycles. The average molecular weight is 502 g/mol. The minimum Gasteiger partial charge on any atom is -0.355 e. The van der Waals surface area contributed by atoms with E-state index in [2.05, 4.69) is 5.32 Å². The number of halogens is 2. The molecule has 1 N–H and O–H groups in total. The molecule has 0 radical (unpaired) electrons. The molecule has 31 heavy (non-hydrogen) atoms. The lowest BCUT2D eigenvalue weighted by Gasteiger charge is -2.31. The average Bonchev–Trinajstić information content (AvgIpc) is 2.76. The van der Waals surface area contributed by atoms with Gasteiger partial charge in [0.1, 0.15) is 0 Å². The Bertz CT molecular complexity index is 1010. The molecule has 0 saturated carbocycles. The molecule has 1 atom stereocenters. The zero-order valence-electron chi connectivity index (χ0n) is 17.3. The number of amides is 1. The van der Waals surface area contributed by atoms with E-state index in [4.69, 9.17) is 23.2 Å². The summed E-state index contributed by atoms with van der Waals surface area (Å²) >= 11 is 13.6. The van der Waals surface area contributed by atoms with Gasteiger partial charge in [-0.3, -0.25) is 4.79 Å². The molecule has 1 amide bonds. The molecule has 2 aromatic rings. The molecular weight excluding hydrogens is 475 g/mol. The van der Waals surface area contributed by atoms with E-state index in [1.165, 1.54) is 4.31 Å². The van der Waals surface area contributed by atoms with Crippen LogP contribution in [0.2, 0.25) is 10.0 Å². The van der Waals surface area contributed by atoms with E-state index >= 15 is 0 Å². The van der Waals surface area contributed by atoms with Crippen LogP contribution in [-0.2, 0) is 20.6 Å². The zero-order chi connectivity index (χ0) is 22.4. The summed E-state index contributed by atoms with van der Waals surface area (Å²) in [5.74, 6) is 1.12. The fourth-order valence-corrected chi connectivity index (χ4v) is 6.09. The Hall–Kier alpha value is -1.25. The molecule has 1 saturated heterocycles. The van der Waals surface area contributed by atoms with Crippen molar-refractivity contribution in [2.45, 2.75) is 30.4 Å². The van der Waals surface area contributed by atoms with Gasteiger partial charge in [0, 0.05) is 31.1 Å². The predicted molar refractivity (Wildman–Crippen MR) is 128 cm³/mol. The number of piperidine rings is 1. The van der Waals surface area contributed by atoms with Crippen molar-refractivity contribution in [3.05, 3.63) is 63.6 Å². The smallest absolute Gasteiger partial charge is 0.243 e. The highest BCUT2D eigenvalue weighted by Gasteiger charge is 2.33. The molecule has 0 aromatic heterocycles. The van der Waals surface area contributed by atoms with Crippen LogP contribution in [0.3, 0.4) is 0 Å². The van der Waals surface area contributed by atoms with Gasteiger partial charge in [-0.25, -0.2) is 8.42 Å². The van der Waals surface area contributed by atoms with Crippen LogP contribution in [0.25, 0.3) is 0 Å². The second-order valence-corrected chi connectivity index (χ2v) is 11.5. The molecule has 1 aliphatic heterocycles. The Kier molecular flexibility index (Phi) is 8.70. The van der Waals surface area contributed by atoms with E-state index in [1.807, 2.05) is 19.1 Å². The zero-order valence-corrected chi connectivity index (χ0v) is 20.5. The summed E-state index contributed by atoms with van der Waals surface area (Å²) < 4.78 is 27.3. The number of hydrogen-bond acceptors (Lipinski definition) is 4. The van der Waals surface area contributed by atoms with Gasteiger partial charge in [-0.1, -0.05) is 47.0 Å². The van der Waals surface area contributed by atoms with Gasteiger partial charge in [0.25, 0.3) is 0 Å². The second kappa shape index (κ2) is 11.1. The highest BCUT2D eigenvalue weighted by atomic mass is 35.5. The summed E-state index contributed by atoms with van der Waals surface area (Å²) in [5, 5.41) is 4.02. The number of benzene rings is 2. The minimum atomic E-state index is -3.58. The number of nitrogens with one attached hydrogen (secondary N) is 1. The van der Waals surface area contributed by atoms with E-state index in [0.29, 0.717) is 36.0 Å². The Balaban J connectivity index is 1.46. The Morgan fingerprint density at radius 1 is 1.16 bits per heavy atom. The van der Waals surface area contributed by atoms with Gasteiger partial charge in [0.15, 0.2) is 0 Å². The highest BCUT2D eigenvalue weighted by molar-refractivity contribution is 7.98. The van der Waals surface area contributed by atoms with Crippen molar-refractivity contribution in [3.63, 3.8) is 0 Å². The van der Waals surface area contributed by atoms with E-state index in [0.717, 1.165) is 22.6 Å². The van der Waals surface area contributed by atoms with E-state index < -0.39 is 10.0 Å². The first-order chi connectivity index (χ1) is 14.8. The van der Waals surface area contributed by atoms with Gasteiger partial charge < -0.3 is 5.32 Å². The number of nitrogens with zero attached hydrogens (tertiary/aromatic N) is 1. The van der Waals surface area contributed by atoms with Crippen LogP contribution in [0.1, 0.15) is 24.0 Å². The quantitative estimate of drug-likeness (QED) is 0.530. The minimum absolute atomic E-state index is 0.0843. The molecular formula is C22H26Cl2N2O3S2. The molecule has 0 spiro atoms. The first-order valence-corrected chi connectivity index (χ1v) is 13.5. The summed E-state index contributed by atoms with van der Waals surface area (Å²) in [5.41, 5.74) is 2.09. The third kappa shape index (κ3) is 6.62. The molecule has 1 fully saturated rings. The van der Waals surface area contributed by atoms with Crippen LogP contribution in [0, 0.1) is 12.8 Å². The van der Waals surface area contributed by atoms with Crippen molar-refractivity contribution in [1.29, 1.82) is 0 Å². The van der Waals surface area contributed by atoms with Gasteiger partial charge in [0.2, 0.25) is 15.9 Å². The first-order valence-electron chi connectivity index (χ1n) is 10.1. The molecule has 0 aliphatic carbocycles. The SMILES string of the molecule is Cc1ccc(S(=O)(=O)N2CCCC(C(=O)NCCSCc3ccc(Cl)c(Cl)c3)C2)cc1. The molecule has 1 aliphatic rings. The number of aryl methyl sites for hydroxylation is 1. The standard InChI is InChI=1S/C22H26Cl2N2O3S2/c1-16-4-7-19(8-5-16)31(28,29)26-11-2-3-18(14-26)22(27)25-10-12-30-15-17-6-9-20(23)21(24)13-17/h4-9,13,18H,2-3,10-12,14-15H2,1H3,(H,25,27). The van der Waals surface area contributed by atoms with E-state index in [-0.39, 0.29) is 23.3 Å². The molecule has 5 nitrogen and oxygen atoms in total. The molecule has 1 unspecified atom stereocenters. The van der Waals surface area contributed by atoms with Gasteiger partial charge >= 0.3 is 0 Å². The van der Waals surface area contributed by atoms with Crippen molar-refractivity contribution in [2.75, 3.05) is 25.4 Å². The Morgan fingerprint density at radius 2 is 1.90 bits per heavy atom. The van der Waals surface area contributed by atoms with E-state index in [9.17, 15) is 13.2 Å². The Labute approximate surface area is 198 Å². The fraction of sp³-hybridized carbons (Fsp3) is 0.409. The fourth-order valence-electron chi connectivity index (χ4n) is 3.44. The van der Waals surface area contributed by atoms with Crippen molar-refractivity contribution in [3.8, 4) is 0 Å². The summed E-state index contributed by atoms with van der Waals surface area (Å²) in [4.78, 5) is 12.9. The summed E-state index contributed by atoms with van der Waals surface area (Å²) in [6.07, 6.45) is 1.37. The first kappa shape index (κ1) is 24.4. The Morgan fingerprint density at radius 3 is 2.61 bits per heavy atom. The lowest BCUT2D eigenvalue weighted by molar-refractivity contribution is -0.125. The molecule has 168 valence electrons. The molecule has 3 rings (SSSR count). The van der Waals surface area contributed by atoms with Crippen molar-refractivity contribution in [2.24, 2.45) is 5.92 Å². The summed E-state index contributed by atoms with van der Waals surface area (Å²) in [6, 6.07) is 12.4. The summed E-state index contributed by atoms with van der Waals surface area (Å²) in [6.45, 7) is 3.12. The van der Waals surface area contributed by atoms with Crippen molar-refractivity contribution < 1.29 is 13.2 Å². The second-order valence-electron chi connectivity index (χ2n) is 7.61.